The Morgan fingerprint density at radius 3 is 2.59 bits per heavy atom. The van der Waals surface area contributed by atoms with E-state index in [1.54, 1.807) is 11.8 Å². The molecular weight excluding hydrogens is 426 g/mol. The lowest BCUT2D eigenvalue weighted by molar-refractivity contribution is -0.129. The molecule has 1 fully saturated rings. The molecule has 0 bridgehead atoms. The Morgan fingerprint density at radius 1 is 1.22 bits per heavy atom. The van der Waals surface area contributed by atoms with Gasteiger partial charge in [-0.2, -0.15) is 0 Å². The number of aliphatic hydroxyl groups excluding tert-OH is 1. The third-order valence-electron chi connectivity index (χ3n) is 5.74. The van der Waals surface area contributed by atoms with Gasteiger partial charge in [-0.25, -0.2) is 4.98 Å². The van der Waals surface area contributed by atoms with Gasteiger partial charge in [-0.15, -0.1) is 11.3 Å². The molecule has 32 heavy (non-hydrogen) atoms. The number of aromatic nitrogens is 1. The summed E-state index contributed by atoms with van der Waals surface area (Å²) in [5.41, 5.74) is 1.69. The predicted molar refractivity (Wildman–Crippen MR) is 124 cm³/mol. The Bertz CT molecular complexity index is 1050. The number of hydrogen-bond donors (Lipinski definition) is 1. The molecule has 1 amide bonds. The third-order valence-corrected chi connectivity index (χ3v) is 6.81. The zero-order valence-corrected chi connectivity index (χ0v) is 19.1. The van der Waals surface area contributed by atoms with Crippen molar-refractivity contribution < 1.29 is 19.4 Å². The van der Waals surface area contributed by atoms with E-state index in [4.69, 9.17) is 4.74 Å². The largest absolute Gasteiger partial charge is 0.503 e. The van der Waals surface area contributed by atoms with Crippen LogP contribution < -0.4 is 0 Å². The molecule has 0 saturated carbocycles. The lowest BCUT2D eigenvalue weighted by Gasteiger charge is -2.30. The first-order valence-corrected chi connectivity index (χ1v) is 11.5. The maximum Gasteiger partial charge on any atom is 0.290 e. The zero-order chi connectivity index (χ0) is 22.7. The van der Waals surface area contributed by atoms with Gasteiger partial charge in [0.15, 0.2) is 5.76 Å². The van der Waals surface area contributed by atoms with Gasteiger partial charge < -0.3 is 14.7 Å². The molecule has 1 aromatic heterocycles. The number of nitrogens with zero attached hydrogens (tertiary/aromatic N) is 3. The van der Waals surface area contributed by atoms with Gasteiger partial charge in [-0.1, -0.05) is 42.5 Å². The summed E-state index contributed by atoms with van der Waals surface area (Å²) in [6.45, 7) is 7.61. The number of Topliss-reactive ketones (excluding diaryl/α,β-unsaturated/α-hetero) is 1. The van der Waals surface area contributed by atoms with Crippen LogP contribution in [0.25, 0.3) is 6.08 Å². The number of ether oxygens (including phenoxy) is 1. The van der Waals surface area contributed by atoms with Crippen LogP contribution in [0.3, 0.4) is 0 Å². The summed E-state index contributed by atoms with van der Waals surface area (Å²) in [4.78, 5) is 35.0. The SMILES string of the molecule is Cc1nc(C)c(C(=O)C2=C(O)C(=O)N(CCN3CCOCC3)C2/C=C/c2ccccc2)s1. The molecule has 1 unspecified atom stereocenters. The minimum Gasteiger partial charge on any atom is -0.503 e. The van der Waals surface area contributed by atoms with Crippen molar-refractivity contribution in [3.63, 3.8) is 0 Å². The molecule has 7 nitrogen and oxygen atoms in total. The maximum atomic E-state index is 13.4. The molecule has 1 saturated heterocycles. The number of benzene rings is 1. The van der Waals surface area contributed by atoms with Crippen LogP contribution in [0.1, 0.15) is 25.9 Å². The predicted octanol–water partition coefficient (Wildman–Crippen LogP) is 3.01. The second kappa shape index (κ2) is 9.77. The molecular formula is C24H27N3O4S. The topological polar surface area (TPSA) is 83.0 Å². The number of hydrogen-bond acceptors (Lipinski definition) is 7. The molecule has 3 heterocycles. The summed E-state index contributed by atoms with van der Waals surface area (Å²) in [6.07, 6.45) is 3.71. The van der Waals surface area contributed by atoms with Crippen molar-refractivity contribution >= 4 is 29.1 Å². The standard InChI is InChI=1S/C24H27N3O4S/c1-16-23(32-17(2)25-16)21(28)20-19(9-8-18-6-4-3-5-7-18)27(24(30)22(20)29)11-10-26-12-14-31-15-13-26/h3-9,19,29H,10-15H2,1-2H3/b9-8+. The average molecular weight is 454 g/mol. The van der Waals surface area contributed by atoms with Crippen molar-refractivity contribution in [2.24, 2.45) is 0 Å². The molecule has 1 N–H and O–H groups in total. The van der Waals surface area contributed by atoms with Gasteiger partial charge in [0.25, 0.3) is 5.91 Å². The van der Waals surface area contributed by atoms with Crippen molar-refractivity contribution in [1.29, 1.82) is 0 Å². The summed E-state index contributed by atoms with van der Waals surface area (Å²) >= 11 is 1.28. The number of morpholine rings is 1. The Balaban J connectivity index is 1.64. The average Bonchev–Trinajstić information content (AvgIpc) is 3.27. The first-order chi connectivity index (χ1) is 15.5. The van der Waals surface area contributed by atoms with Gasteiger partial charge in [0, 0.05) is 26.2 Å². The lowest BCUT2D eigenvalue weighted by atomic mass is 10.0. The fourth-order valence-electron chi connectivity index (χ4n) is 4.06. The smallest absolute Gasteiger partial charge is 0.290 e. The Kier molecular flexibility index (Phi) is 6.83. The number of carbonyl (C=O) groups is 2. The maximum absolute atomic E-state index is 13.4. The van der Waals surface area contributed by atoms with E-state index in [0.717, 1.165) is 23.7 Å². The highest BCUT2D eigenvalue weighted by Crippen LogP contribution is 2.32. The molecule has 0 spiro atoms. The first-order valence-electron chi connectivity index (χ1n) is 10.7. The minimum absolute atomic E-state index is 0.121. The van der Waals surface area contributed by atoms with E-state index in [2.05, 4.69) is 9.88 Å². The summed E-state index contributed by atoms with van der Waals surface area (Å²) in [7, 11) is 0. The van der Waals surface area contributed by atoms with E-state index in [0.29, 0.717) is 36.9 Å². The van der Waals surface area contributed by atoms with Crippen LogP contribution in [0, 0.1) is 13.8 Å². The second-order valence-electron chi connectivity index (χ2n) is 7.91. The number of rotatable bonds is 7. The van der Waals surface area contributed by atoms with Gasteiger partial charge in [-0.05, 0) is 19.4 Å². The van der Waals surface area contributed by atoms with Crippen LogP contribution in [-0.2, 0) is 9.53 Å². The van der Waals surface area contributed by atoms with Crippen LogP contribution in [0.15, 0.2) is 47.7 Å². The van der Waals surface area contributed by atoms with E-state index >= 15 is 0 Å². The van der Waals surface area contributed by atoms with Gasteiger partial charge in [-0.3, -0.25) is 14.5 Å². The van der Waals surface area contributed by atoms with E-state index in [1.807, 2.05) is 49.4 Å². The summed E-state index contributed by atoms with van der Waals surface area (Å²) in [5.74, 6) is -1.32. The van der Waals surface area contributed by atoms with E-state index in [9.17, 15) is 14.7 Å². The number of amides is 1. The molecule has 1 aromatic carbocycles. The monoisotopic (exact) mass is 453 g/mol. The number of thiazole rings is 1. The molecule has 0 aliphatic carbocycles. The van der Waals surface area contributed by atoms with Crippen LogP contribution >= 0.6 is 11.3 Å². The van der Waals surface area contributed by atoms with Crippen LogP contribution in [0.2, 0.25) is 0 Å². The molecule has 8 heteroatoms. The summed E-state index contributed by atoms with van der Waals surface area (Å²) in [5, 5.41) is 11.5. The number of aliphatic hydroxyl groups is 1. The van der Waals surface area contributed by atoms with Crippen molar-refractivity contribution in [3.8, 4) is 0 Å². The highest BCUT2D eigenvalue weighted by molar-refractivity contribution is 7.14. The molecule has 1 atom stereocenters. The summed E-state index contributed by atoms with van der Waals surface area (Å²) in [6, 6.07) is 9.05. The Morgan fingerprint density at radius 2 is 1.94 bits per heavy atom. The van der Waals surface area contributed by atoms with Crippen molar-refractivity contribution in [3.05, 3.63) is 68.9 Å². The second-order valence-corrected chi connectivity index (χ2v) is 9.11. The van der Waals surface area contributed by atoms with Crippen molar-refractivity contribution in [2.75, 3.05) is 39.4 Å². The Hall–Kier alpha value is -2.81. The van der Waals surface area contributed by atoms with Crippen LogP contribution in [0.4, 0.5) is 0 Å². The number of aryl methyl sites for hydroxylation is 2. The Labute approximate surface area is 191 Å². The first kappa shape index (κ1) is 22.4. The fourth-order valence-corrected chi connectivity index (χ4v) is 4.93. The van der Waals surface area contributed by atoms with Crippen molar-refractivity contribution in [2.45, 2.75) is 19.9 Å². The molecule has 4 rings (SSSR count). The van der Waals surface area contributed by atoms with E-state index in [1.165, 1.54) is 11.3 Å². The fraction of sp³-hybridized carbons (Fsp3) is 0.375. The lowest BCUT2D eigenvalue weighted by Crippen LogP contribution is -2.44. The van der Waals surface area contributed by atoms with Crippen LogP contribution in [-0.4, -0.2) is 77.0 Å². The van der Waals surface area contributed by atoms with Gasteiger partial charge in [0.05, 0.1) is 40.4 Å². The highest BCUT2D eigenvalue weighted by Gasteiger charge is 2.42. The van der Waals surface area contributed by atoms with E-state index in [-0.39, 0.29) is 11.4 Å². The molecule has 168 valence electrons. The van der Waals surface area contributed by atoms with Crippen molar-refractivity contribution in [1.82, 2.24) is 14.8 Å². The van der Waals surface area contributed by atoms with Gasteiger partial charge in [0.2, 0.25) is 5.78 Å². The zero-order valence-electron chi connectivity index (χ0n) is 18.3. The molecule has 2 aliphatic rings. The summed E-state index contributed by atoms with van der Waals surface area (Å²) < 4.78 is 5.40. The van der Waals surface area contributed by atoms with Gasteiger partial charge in [0.1, 0.15) is 0 Å². The third kappa shape index (κ3) is 4.67. The van der Waals surface area contributed by atoms with Crippen LogP contribution in [0.5, 0.6) is 0 Å². The van der Waals surface area contributed by atoms with Gasteiger partial charge >= 0.3 is 0 Å². The number of carbonyl (C=O) groups excluding carboxylic acids is 2. The quantitative estimate of drug-likeness (QED) is 0.649. The molecule has 2 aliphatic heterocycles. The normalized spacial score (nSPS) is 20.0. The molecule has 2 aromatic rings. The van der Waals surface area contributed by atoms with E-state index < -0.39 is 17.7 Å². The number of ketones is 1. The minimum atomic E-state index is -0.641. The molecule has 0 radical (unpaired) electrons. The highest BCUT2D eigenvalue weighted by atomic mass is 32.1.